The summed E-state index contributed by atoms with van der Waals surface area (Å²) in [4.78, 5) is 54.4. The van der Waals surface area contributed by atoms with E-state index >= 15 is 0 Å². The molecule has 0 amide bonds. The van der Waals surface area contributed by atoms with Gasteiger partial charge >= 0.3 is 17.6 Å². The lowest BCUT2D eigenvalue weighted by Crippen LogP contribution is -2.41. The summed E-state index contributed by atoms with van der Waals surface area (Å²) in [7, 11) is 3.03. The van der Waals surface area contributed by atoms with Crippen LogP contribution in [0.3, 0.4) is 0 Å². The molecule has 0 unspecified atom stereocenters. The molecule has 1 aromatic carbocycles. The standard InChI is InChI=1S/C21H19FN4O6S/c1-4-31-20(29)17-11(15-12(22)6-5-7-13(15)33-17)9-32-14(27)8-26-19(28)16-18(23-10-24(16)2)25(3)21(26)30/h5-7,10H,4,8-9H2,1-3H3. The second kappa shape index (κ2) is 8.62. The Kier molecular flexibility index (Phi) is 5.85. The summed E-state index contributed by atoms with van der Waals surface area (Å²) in [5.74, 6) is -2.13. The maximum absolute atomic E-state index is 14.5. The number of carbonyl (C=O) groups excluding carboxylic acids is 2. The number of aryl methyl sites for hydroxylation is 2. The SMILES string of the molecule is CCOC(=O)c1sc2cccc(F)c2c1COC(=O)Cn1c(=O)c2c(ncn2C)n(C)c1=O. The summed E-state index contributed by atoms with van der Waals surface area (Å²) < 4.78 is 28.6. The van der Waals surface area contributed by atoms with Gasteiger partial charge in [0.1, 0.15) is 23.8 Å². The van der Waals surface area contributed by atoms with Gasteiger partial charge < -0.3 is 14.0 Å². The van der Waals surface area contributed by atoms with Gasteiger partial charge in [-0.15, -0.1) is 11.3 Å². The lowest BCUT2D eigenvalue weighted by Gasteiger charge is -2.10. The van der Waals surface area contributed by atoms with Gasteiger partial charge in [-0.05, 0) is 19.1 Å². The average Bonchev–Trinajstić information content (AvgIpc) is 3.35. The first-order valence-electron chi connectivity index (χ1n) is 9.88. The van der Waals surface area contributed by atoms with E-state index in [9.17, 15) is 23.6 Å². The number of halogens is 1. The molecular formula is C21H19FN4O6S. The van der Waals surface area contributed by atoms with Crippen LogP contribution in [0.4, 0.5) is 4.39 Å². The largest absolute Gasteiger partial charge is 0.462 e. The van der Waals surface area contributed by atoms with Crippen molar-refractivity contribution >= 4 is 44.5 Å². The number of fused-ring (bicyclic) bond motifs is 2. The number of rotatable bonds is 6. The van der Waals surface area contributed by atoms with E-state index < -0.39 is 42.2 Å². The van der Waals surface area contributed by atoms with Gasteiger partial charge in [-0.3, -0.25) is 14.2 Å². The second-order valence-electron chi connectivity index (χ2n) is 7.16. The van der Waals surface area contributed by atoms with Gasteiger partial charge in [0.2, 0.25) is 0 Å². The zero-order valence-electron chi connectivity index (χ0n) is 18.0. The monoisotopic (exact) mass is 474 g/mol. The number of carbonyl (C=O) groups is 2. The third kappa shape index (κ3) is 3.82. The Morgan fingerprint density at radius 1 is 1.18 bits per heavy atom. The predicted molar refractivity (Wildman–Crippen MR) is 118 cm³/mol. The molecule has 0 fully saturated rings. The summed E-state index contributed by atoms with van der Waals surface area (Å²) in [5.41, 5.74) is -0.911. The highest BCUT2D eigenvalue weighted by Gasteiger charge is 2.24. The van der Waals surface area contributed by atoms with E-state index in [1.54, 1.807) is 20.0 Å². The molecule has 3 aromatic heterocycles. The molecule has 0 N–H and O–H groups in total. The van der Waals surface area contributed by atoms with Gasteiger partial charge in [-0.2, -0.15) is 0 Å². The Morgan fingerprint density at radius 3 is 2.67 bits per heavy atom. The van der Waals surface area contributed by atoms with Crippen LogP contribution >= 0.6 is 11.3 Å². The molecule has 172 valence electrons. The lowest BCUT2D eigenvalue weighted by molar-refractivity contribution is -0.145. The number of benzene rings is 1. The number of thiophene rings is 1. The van der Waals surface area contributed by atoms with Crippen molar-refractivity contribution in [2.24, 2.45) is 14.1 Å². The molecule has 4 rings (SSSR count). The van der Waals surface area contributed by atoms with Crippen LogP contribution in [0.1, 0.15) is 22.2 Å². The third-order valence-electron chi connectivity index (χ3n) is 5.09. The van der Waals surface area contributed by atoms with Crippen molar-refractivity contribution in [3.05, 3.63) is 61.6 Å². The zero-order chi connectivity index (χ0) is 23.9. The topological polar surface area (TPSA) is 114 Å². The Hall–Kier alpha value is -3.80. The van der Waals surface area contributed by atoms with Crippen LogP contribution in [0.25, 0.3) is 21.3 Å². The van der Waals surface area contributed by atoms with E-state index in [1.807, 2.05) is 0 Å². The molecular weight excluding hydrogens is 455 g/mol. The van der Waals surface area contributed by atoms with E-state index in [4.69, 9.17) is 9.47 Å². The van der Waals surface area contributed by atoms with E-state index in [2.05, 4.69) is 4.98 Å². The third-order valence-corrected chi connectivity index (χ3v) is 6.27. The molecule has 0 saturated heterocycles. The fourth-order valence-corrected chi connectivity index (χ4v) is 4.65. The van der Waals surface area contributed by atoms with Gasteiger partial charge in [0, 0.05) is 29.7 Å². The van der Waals surface area contributed by atoms with Crippen LogP contribution < -0.4 is 11.2 Å². The van der Waals surface area contributed by atoms with E-state index in [0.717, 1.165) is 20.5 Å². The number of nitrogens with zero attached hydrogens (tertiary/aromatic N) is 4. The fourth-order valence-electron chi connectivity index (χ4n) is 3.53. The fraction of sp³-hybridized carbons (Fsp3) is 0.286. The number of esters is 2. The summed E-state index contributed by atoms with van der Waals surface area (Å²) in [5, 5.41) is 0.155. The Labute approximate surface area is 189 Å². The van der Waals surface area contributed by atoms with Crippen molar-refractivity contribution in [1.29, 1.82) is 0 Å². The minimum atomic E-state index is -0.902. The molecule has 12 heteroatoms. The van der Waals surface area contributed by atoms with E-state index in [-0.39, 0.29) is 33.6 Å². The van der Waals surface area contributed by atoms with Crippen LogP contribution in [-0.4, -0.2) is 37.2 Å². The first kappa shape index (κ1) is 22.4. The Morgan fingerprint density at radius 2 is 1.94 bits per heavy atom. The molecule has 0 spiro atoms. The predicted octanol–water partition coefficient (Wildman–Crippen LogP) is 1.71. The van der Waals surface area contributed by atoms with Crippen LogP contribution in [0.5, 0.6) is 0 Å². The van der Waals surface area contributed by atoms with Crippen molar-refractivity contribution < 1.29 is 23.5 Å². The molecule has 0 atom stereocenters. The first-order valence-corrected chi connectivity index (χ1v) is 10.7. The Balaban J connectivity index is 1.65. The summed E-state index contributed by atoms with van der Waals surface area (Å²) in [6, 6.07) is 4.39. The van der Waals surface area contributed by atoms with Crippen molar-refractivity contribution in [2.45, 2.75) is 20.1 Å². The molecule has 3 heterocycles. The molecule has 4 aromatic rings. The normalized spacial score (nSPS) is 11.3. The number of ether oxygens (including phenoxy) is 2. The van der Waals surface area contributed by atoms with Gasteiger partial charge in [0.05, 0.1) is 12.9 Å². The lowest BCUT2D eigenvalue weighted by atomic mass is 10.1. The van der Waals surface area contributed by atoms with E-state index in [0.29, 0.717) is 4.70 Å². The number of aromatic nitrogens is 4. The molecule has 10 nitrogen and oxygen atoms in total. The summed E-state index contributed by atoms with van der Waals surface area (Å²) in [6.07, 6.45) is 1.39. The molecule has 0 aliphatic heterocycles. The highest BCUT2D eigenvalue weighted by atomic mass is 32.1. The number of hydrogen-bond acceptors (Lipinski definition) is 8. The van der Waals surface area contributed by atoms with Crippen LogP contribution in [0, 0.1) is 5.82 Å². The van der Waals surface area contributed by atoms with Crippen molar-refractivity contribution in [3.63, 3.8) is 0 Å². The van der Waals surface area contributed by atoms with Crippen molar-refractivity contribution in [1.82, 2.24) is 18.7 Å². The van der Waals surface area contributed by atoms with Crippen LogP contribution in [-0.2, 0) is 41.5 Å². The highest BCUT2D eigenvalue weighted by Crippen LogP contribution is 2.34. The van der Waals surface area contributed by atoms with Crippen LogP contribution in [0.2, 0.25) is 0 Å². The molecule has 0 saturated carbocycles. The van der Waals surface area contributed by atoms with Gasteiger partial charge in [0.25, 0.3) is 5.56 Å². The molecule has 0 aliphatic rings. The van der Waals surface area contributed by atoms with Gasteiger partial charge in [-0.25, -0.2) is 23.5 Å². The number of imidazole rings is 1. The van der Waals surface area contributed by atoms with E-state index in [1.165, 1.54) is 30.1 Å². The van der Waals surface area contributed by atoms with Crippen molar-refractivity contribution in [3.8, 4) is 0 Å². The van der Waals surface area contributed by atoms with Crippen LogP contribution in [0.15, 0.2) is 34.1 Å². The summed E-state index contributed by atoms with van der Waals surface area (Å²) in [6.45, 7) is 0.670. The summed E-state index contributed by atoms with van der Waals surface area (Å²) >= 11 is 1.03. The number of hydrogen-bond donors (Lipinski definition) is 0. The Bertz CT molecular complexity index is 1530. The highest BCUT2D eigenvalue weighted by molar-refractivity contribution is 7.21. The molecule has 33 heavy (non-hydrogen) atoms. The van der Waals surface area contributed by atoms with Gasteiger partial charge in [-0.1, -0.05) is 6.07 Å². The van der Waals surface area contributed by atoms with Gasteiger partial charge in [0.15, 0.2) is 11.2 Å². The molecule has 0 bridgehead atoms. The molecule has 0 radical (unpaired) electrons. The van der Waals surface area contributed by atoms with Crippen molar-refractivity contribution in [2.75, 3.05) is 6.61 Å². The zero-order valence-corrected chi connectivity index (χ0v) is 18.8. The maximum Gasteiger partial charge on any atom is 0.348 e. The minimum Gasteiger partial charge on any atom is -0.462 e. The average molecular weight is 474 g/mol. The second-order valence-corrected chi connectivity index (χ2v) is 8.22. The molecule has 0 aliphatic carbocycles. The quantitative estimate of drug-likeness (QED) is 0.391. The smallest absolute Gasteiger partial charge is 0.348 e. The minimum absolute atomic E-state index is 0.120. The first-order chi connectivity index (χ1) is 15.7. The maximum atomic E-state index is 14.5.